The Balaban J connectivity index is 0.00000264. The molecule has 0 radical (unpaired) electrons. The molecule has 2 rings (SSSR count). The molecule has 0 aromatic carbocycles. The van der Waals surface area contributed by atoms with Crippen LogP contribution in [0.25, 0.3) is 0 Å². The van der Waals surface area contributed by atoms with Gasteiger partial charge in [-0.1, -0.05) is 0 Å². The van der Waals surface area contributed by atoms with E-state index in [0.717, 1.165) is 24.6 Å². The van der Waals surface area contributed by atoms with Crippen molar-refractivity contribution in [2.24, 2.45) is 0 Å². The van der Waals surface area contributed by atoms with Crippen molar-refractivity contribution in [3.05, 3.63) is 0 Å². The number of ether oxygens (including phenoxy) is 1. The summed E-state index contributed by atoms with van der Waals surface area (Å²) in [4.78, 5) is 12.3. The lowest BCUT2D eigenvalue weighted by Gasteiger charge is -2.34. The molecule has 0 aliphatic carbocycles. The first-order chi connectivity index (χ1) is 10.5. The molecule has 0 saturated carbocycles. The second-order valence-corrected chi connectivity index (χ2v) is 8.84. The Bertz CT molecular complexity index is 478. The molecule has 10 heteroatoms. The lowest BCUT2D eigenvalue weighted by molar-refractivity contribution is -0.146. The van der Waals surface area contributed by atoms with Crippen molar-refractivity contribution in [2.45, 2.75) is 18.4 Å². The summed E-state index contributed by atoms with van der Waals surface area (Å²) in [5, 5.41) is 5.92. The van der Waals surface area contributed by atoms with Crippen molar-refractivity contribution in [1.82, 2.24) is 14.9 Å². The fourth-order valence-corrected chi connectivity index (χ4v) is 5.25. The highest BCUT2D eigenvalue weighted by atomic mass is 35.5. The lowest BCUT2D eigenvalue weighted by atomic mass is 9.91. The third kappa shape index (κ3) is 5.47. The van der Waals surface area contributed by atoms with Gasteiger partial charge in [0, 0.05) is 38.2 Å². The Morgan fingerprint density at radius 3 is 2.48 bits per heavy atom. The zero-order valence-electron chi connectivity index (χ0n) is 13.4. The first-order valence-electron chi connectivity index (χ1n) is 7.60. The van der Waals surface area contributed by atoms with Crippen LogP contribution < -0.4 is 10.6 Å². The van der Waals surface area contributed by atoms with E-state index in [-0.39, 0.29) is 30.6 Å². The van der Waals surface area contributed by atoms with E-state index in [9.17, 15) is 13.2 Å². The molecule has 0 aromatic rings. The Morgan fingerprint density at radius 2 is 1.91 bits per heavy atom. The predicted molar refractivity (Wildman–Crippen MR) is 94.8 cm³/mol. The van der Waals surface area contributed by atoms with Crippen LogP contribution in [0.1, 0.15) is 12.8 Å². The minimum absolute atomic E-state index is 0. The van der Waals surface area contributed by atoms with Crippen LogP contribution in [0, 0.1) is 0 Å². The first kappa shape index (κ1) is 21.0. The highest BCUT2D eigenvalue weighted by molar-refractivity contribution is 7.99. The molecule has 0 bridgehead atoms. The van der Waals surface area contributed by atoms with Gasteiger partial charge in [-0.15, -0.1) is 12.4 Å². The predicted octanol–water partition coefficient (Wildman–Crippen LogP) is -0.328. The highest BCUT2D eigenvalue weighted by Crippen LogP contribution is 2.22. The minimum Gasteiger partial charge on any atom is -0.368 e. The molecule has 1 amide bonds. The van der Waals surface area contributed by atoms with Gasteiger partial charge in [0.2, 0.25) is 10.0 Å². The molecule has 2 aliphatic heterocycles. The number of rotatable bonds is 6. The molecule has 2 heterocycles. The summed E-state index contributed by atoms with van der Waals surface area (Å²) < 4.78 is 31.4. The van der Waals surface area contributed by atoms with Crippen LogP contribution in [-0.4, -0.2) is 81.3 Å². The minimum atomic E-state index is -3.28. The van der Waals surface area contributed by atoms with Crippen LogP contribution in [0.4, 0.5) is 0 Å². The molecule has 0 unspecified atom stereocenters. The van der Waals surface area contributed by atoms with Crippen LogP contribution in [0.3, 0.4) is 0 Å². The highest BCUT2D eigenvalue weighted by Gasteiger charge is 2.39. The van der Waals surface area contributed by atoms with Crippen LogP contribution in [-0.2, 0) is 19.6 Å². The Hall–Kier alpha value is -0.0600. The molecule has 0 atom stereocenters. The molecule has 23 heavy (non-hydrogen) atoms. The van der Waals surface area contributed by atoms with Crippen LogP contribution in [0.2, 0.25) is 0 Å². The lowest BCUT2D eigenvalue weighted by Crippen LogP contribution is -2.55. The van der Waals surface area contributed by atoms with Gasteiger partial charge in [0.15, 0.2) is 0 Å². The summed E-state index contributed by atoms with van der Waals surface area (Å²) in [5.41, 5.74) is -0.823. The van der Waals surface area contributed by atoms with Gasteiger partial charge in [-0.05, 0) is 25.9 Å². The normalized spacial score (nSPS) is 22.1. The molecule has 2 aliphatic rings. The third-order valence-corrected chi connectivity index (χ3v) is 7.04. The van der Waals surface area contributed by atoms with Crippen LogP contribution in [0.5, 0.6) is 0 Å². The number of amides is 1. The quantitative estimate of drug-likeness (QED) is 0.649. The second-order valence-electron chi connectivity index (χ2n) is 5.53. The SMILES string of the molecule is COC1(C(=O)NCCS(=O)(=O)N2CCSCC2)CCNCC1.Cl. The average Bonchev–Trinajstić information content (AvgIpc) is 2.56. The van der Waals surface area contributed by atoms with E-state index >= 15 is 0 Å². The fourth-order valence-electron chi connectivity index (χ4n) is 2.76. The molecule has 136 valence electrons. The van der Waals surface area contributed by atoms with Gasteiger partial charge in [-0.25, -0.2) is 12.7 Å². The summed E-state index contributed by atoms with van der Waals surface area (Å²) in [5.74, 6) is 1.42. The number of hydrogen-bond acceptors (Lipinski definition) is 6. The van der Waals surface area contributed by atoms with Gasteiger partial charge in [-0.2, -0.15) is 11.8 Å². The van der Waals surface area contributed by atoms with E-state index in [0.29, 0.717) is 25.9 Å². The topological polar surface area (TPSA) is 87.7 Å². The van der Waals surface area contributed by atoms with Gasteiger partial charge in [0.25, 0.3) is 5.91 Å². The number of carbonyl (C=O) groups is 1. The molecule has 2 fully saturated rings. The zero-order chi connectivity index (χ0) is 16.1. The van der Waals surface area contributed by atoms with Crippen LogP contribution >= 0.6 is 24.2 Å². The molecule has 2 saturated heterocycles. The average molecular weight is 388 g/mol. The number of carbonyl (C=O) groups excluding carboxylic acids is 1. The van der Waals surface area contributed by atoms with Crippen molar-refractivity contribution in [3.63, 3.8) is 0 Å². The number of piperidine rings is 1. The smallest absolute Gasteiger partial charge is 0.252 e. The second kappa shape index (κ2) is 9.43. The zero-order valence-corrected chi connectivity index (χ0v) is 15.8. The van der Waals surface area contributed by atoms with E-state index in [2.05, 4.69) is 10.6 Å². The van der Waals surface area contributed by atoms with Crippen molar-refractivity contribution in [3.8, 4) is 0 Å². The molecular weight excluding hydrogens is 362 g/mol. The van der Waals surface area contributed by atoms with E-state index in [1.54, 1.807) is 11.8 Å². The van der Waals surface area contributed by atoms with E-state index in [1.165, 1.54) is 11.4 Å². The molecule has 0 spiro atoms. The van der Waals surface area contributed by atoms with Crippen molar-refractivity contribution in [1.29, 1.82) is 0 Å². The maximum Gasteiger partial charge on any atom is 0.252 e. The Kier molecular flexibility index (Phi) is 8.60. The van der Waals surface area contributed by atoms with Crippen LogP contribution in [0.15, 0.2) is 0 Å². The summed E-state index contributed by atoms with van der Waals surface area (Å²) in [6.07, 6.45) is 1.21. The summed E-state index contributed by atoms with van der Waals surface area (Å²) >= 11 is 1.77. The van der Waals surface area contributed by atoms with Gasteiger partial charge >= 0.3 is 0 Å². The van der Waals surface area contributed by atoms with Gasteiger partial charge in [-0.3, -0.25) is 4.79 Å². The Morgan fingerprint density at radius 1 is 1.30 bits per heavy atom. The van der Waals surface area contributed by atoms with Gasteiger partial charge in [0.05, 0.1) is 5.75 Å². The number of nitrogens with zero attached hydrogens (tertiary/aromatic N) is 1. The van der Waals surface area contributed by atoms with Crippen molar-refractivity contribution in [2.75, 3.05) is 57.1 Å². The number of halogens is 1. The summed E-state index contributed by atoms with van der Waals surface area (Å²) in [7, 11) is -1.75. The number of nitrogens with one attached hydrogen (secondary N) is 2. The van der Waals surface area contributed by atoms with Gasteiger partial charge in [0.1, 0.15) is 5.60 Å². The first-order valence-corrected chi connectivity index (χ1v) is 10.4. The molecule has 2 N–H and O–H groups in total. The number of methoxy groups -OCH3 is 1. The van der Waals surface area contributed by atoms with Gasteiger partial charge < -0.3 is 15.4 Å². The third-order valence-electron chi connectivity index (χ3n) is 4.22. The maximum atomic E-state index is 12.3. The van der Waals surface area contributed by atoms with E-state index in [4.69, 9.17) is 4.74 Å². The number of thioether (sulfide) groups is 1. The standard InChI is InChI=1S/C13H25N3O4S2.ClH/c1-20-13(2-4-14-5-3-13)12(17)15-6-11-22(18,19)16-7-9-21-10-8-16;/h14H,2-11H2,1H3,(H,15,17);1H. The number of hydrogen-bond donors (Lipinski definition) is 2. The van der Waals surface area contributed by atoms with E-state index < -0.39 is 15.6 Å². The maximum absolute atomic E-state index is 12.3. The Labute approximate surface area is 148 Å². The largest absolute Gasteiger partial charge is 0.368 e. The fraction of sp³-hybridized carbons (Fsp3) is 0.923. The molecule has 0 aromatic heterocycles. The summed E-state index contributed by atoms with van der Waals surface area (Å²) in [6, 6.07) is 0. The van der Waals surface area contributed by atoms with E-state index in [1.807, 2.05) is 0 Å². The summed E-state index contributed by atoms with van der Waals surface area (Å²) in [6.45, 7) is 2.71. The molecule has 7 nitrogen and oxygen atoms in total. The van der Waals surface area contributed by atoms with Crippen molar-refractivity contribution < 1.29 is 17.9 Å². The molecular formula is C13H26ClN3O4S2. The number of sulfonamides is 1. The monoisotopic (exact) mass is 387 g/mol. The van der Waals surface area contributed by atoms with Crippen molar-refractivity contribution >= 4 is 40.1 Å².